The molecule has 0 aliphatic carbocycles. The van der Waals surface area contributed by atoms with Crippen LogP contribution in [0.15, 0.2) is 72.5 Å². The number of nitrogens with two attached hydrogens (primary N) is 1. The molecule has 0 bridgehead atoms. The monoisotopic (exact) mass is 374 g/mol. The van der Waals surface area contributed by atoms with Gasteiger partial charge in [0.1, 0.15) is 5.82 Å². The minimum atomic E-state index is -0.358. The average Bonchev–Trinajstić information content (AvgIpc) is 2.68. The molecule has 0 spiro atoms. The zero-order chi connectivity index (χ0) is 19.7. The van der Waals surface area contributed by atoms with Gasteiger partial charge in [0.25, 0.3) is 5.91 Å². The molecular formula is C23H19FN2O2. The number of benzene rings is 3. The summed E-state index contributed by atoms with van der Waals surface area (Å²) in [6.45, 7) is 2.09. The van der Waals surface area contributed by atoms with Gasteiger partial charge in [0.2, 0.25) is 0 Å². The van der Waals surface area contributed by atoms with Gasteiger partial charge < -0.3 is 10.5 Å². The maximum Gasteiger partial charge on any atom is 0.294 e. The molecule has 4 nitrogen and oxygen atoms in total. The summed E-state index contributed by atoms with van der Waals surface area (Å²) >= 11 is 0. The molecule has 0 atom stereocenters. The number of nitrogen functional groups attached to an aromatic ring is 1. The van der Waals surface area contributed by atoms with Crippen molar-refractivity contribution in [3.05, 3.63) is 95.0 Å². The van der Waals surface area contributed by atoms with Crippen LogP contribution in [-0.4, -0.2) is 5.91 Å². The van der Waals surface area contributed by atoms with Crippen molar-refractivity contribution >= 4 is 23.4 Å². The van der Waals surface area contributed by atoms with E-state index in [4.69, 9.17) is 10.5 Å². The molecule has 1 amide bonds. The smallest absolute Gasteiger partial charge is 0.294 e. The number of aryl methyl sites for hydroxylation is 1. The molecule has 140 valence electrons. The predicted molar refractivity (Wildman–Crippen MR) is 108 cm³/mol. The lowest BCUT2D eigenvalue weighted by Crippen LogP contribution is -2.37. The summed E-state index contributed by atoms with van der Waals surface area (Å²) in [5.41, 5.74) is 9.36. The van der Waals surface area contributed by atoms with Gasteiger partial charge in [-0.05, 0) is 36.8 Å². The van der Waals surface area contributed by atoms with Crippen LogP contribution in [0.25, 0.3) is 6.08 Å². The lowest BCUT2D eigenvalue weighted by Gasteiger charge is -2.31. The first-order valence-corrected chi connectivity index (χ1v) is 8.92. The van der Waals surface area contributed by atoms with Crippen LogP contribution in [-0.2, 0) is 11.3 Å². The Balaban J connectivity index is 1.76. The van der Waals surface area contributed by atoms with Gasteiger partial charge in [-0.25, -0.2) is 4.39 Å². The van der Waals surface area contributed by atoms with E-state index in [1.54, 1.807) is 42.5 Å². The molecule has 1 heterocycles. The summed E-state index contributed by atoms with van der Waals surface area (Å²) in [5.74, 6) is -0.0588. The zero-order valence-corrected chi connectivity index (χ0v) is 15.4. The molecule has 0 radical (unpaired) electrons. The Morgan fingerprint density at radius 1 is 1.07 bits per heavy atom. The highest BCUT2D eigenvalue weighted by Gasteiger charge is 2.31. The fourth-order valence-electron chi connectivity index (χ4n) is 3.10. The third-order valence-corrected chi connectivity index (χ3v) is 4.61. The molecule has 0 unspecified atom stereocenters. The number of rotatable bonds is 3. The number of hydrogen-bond acceptors (Lipinski definition) is 3. The Morgan fingerprint density at radius 2 is 1.82 bits per heavy atom. The van der Waals surface area contributed by atoms with E-state index in [1.165, 1.54) is 11.0 Å². The van der Waals surface area contributed by atoms with E-state index < -0.39 is 0 Å². The van der Waals surface area contributed by atoms with Crippen molar-refractivity contribution in [1.82, 2.24) is 0 Å². The Labute approximate surface area is 162 Å². The van der Waals surface area contributed by atoms with Gasteiger partial charge >= 0.3 is 0 Å². The second kappa shape index (κ2) is 7.19. The molecule has 0 fully saturated rings. The molecule has 2 N–H and O–H groups in total. The van der Waals surface area contributed by atoms with Crippen molar-refractivity contribution in [2.45, 2.75) is 13.5 Å². The molecule has 3 aromatic rings. The Kier molecular flexibility index (Phi) is 4.57. The van der Waals surface area contributed by atoms with Crippen molar-refractivity contribution in [3.8, 4) is 5.75 Å². The molecule has 1 aliphatic heterocycles. The quantitative estimate of drug-likeness (QED) is 0.535. The van der Waals surface area contributed by atoms with E-state index in [1.807, 2.05) is 31.2 Å². The van der Waals surface area contributed by atoms with Crippen LogP contribution in [0.2, 0.25) is 0 Å². The number of hydrogen-bond donors (Lipinski definition) is 1. The van der Waals surface area contributed by atoms with Gasteiger partial charge in [0, 0.05) is 17.3 Å². The number of fused-ring (bicyclic) bond motifs is 1. The Hall–Kier alpha value is -3.60. The predicted octanol–water partition coefficient (Wildman–Crippen LogP) is 4.68. The number of nitrogens with zero attached hydrogens (tertiary/aromatic N) is 1. The average molecular weight is 374 g/mol. The van der Waals surface area contributed by atoms with Crippen LogP contribution in [0.3, 0.4) is 0 Å². The molecule has 4 rings (SSSR count). The molecule has 5 heteroatoms. The largest absolute Gasteiger partial charge is 0.449 e. The van der Waals surface area contributed by atoms with Gasteiger partial charge in [-0.1, -0.05) is 48.0 Å². The standard InChI is InChI=1S/C23H19FN2O2/c1-15-6-8-16(9-7-15)12-22-23(27)26(14-17-4-2-3-5-19(17)24)20-11-10-18(25)13-21(20)28-22/h2-13H,14,25H2,1H3/b22-12+. The van der Waals surface area contributed by atoms with E-state index in [-0.39, 0.29) is 24.0 Å². The summed E-state index contributed by atoms with van der Waals surface area (Å²) in [7, 11) is 0. The maximum absolute atomic E-state index is 14.2. The molecule has 0 saturated carbocycles. The van der Waals surface area contributed by atoms with Gasteiger partial charge in [-0.2, -0.15) is 0 Å². The summed E-state index contributed by atoms with van der Waals surface area (Å²) in [6, 6.07) is 19.2. The van der Waals surface area contributed by atoms with Crippen molar-refractivity contribution in [2.24, 2.45) is 0 Å². The van der Waals surface area contributed by atoms with Gasteiger partial charge in [0.15, 0.2) is 11.5 Å². The summed E-state index contributed by atoms with van der Waals surface area (Å²) < 4.78 is 20.0. The highest BCUT2D eigenvalue weighted by atomic mass is 19.1. The van der Waals surface area contributed by atoms with E-state index in [2.05, 4.69) is 0 Å². The lowest BCUT2D eigenvalue weighted by molar-refractivity contribution is -0.117. The first-order chi connectivity index (χ1) is 13.5. The lowest BCUT2D eigenvalue weighted by atomic mass is 10.1. The van der Waals surface area contributed by atoms with Crippen LogP contribution < -0.4 is 15.4 Å². The van der Waals surface area contributed by atoms with E-state index in [0.717, 1.165) is 11.1 Å². The van der Waals surface area contributed by atoms with Crippen LogP contribution in [0.4, 0.5) is 15.8 Å². The van der Waals surface area contributed by atoms with Crippen molar-refractivity contribution in [2.75, 3.05) is 10.6 Å². The molecule has 0 aromatic heterocycles. The number of ether oxygens (including phenoxy) is 1. The molecule has 3 aromatic carbocycles. The molecular weight excluding hydrogens is 355 g/mol. The van der Waals surface area contributed by atoms with Crippen molar-refractivity contribution in [1.29, 1.82) is 0 Å². The first-order valence-electron chi connectivity index (χ1n) is 8.92. The maximum atomic E-state index is 14.2. The van der Waals surface area contributed by atoms with Gasteiger partial charge in [0.05, 0.1) is 12.2 Å². The first kappa shape index (κ1) is 17.8. The van der Waals surface area contributed by atoms with Crippen LogP contribution in [0.1, 0.15) is 16.7 Å². The number of amides is 1. The highest BCUT2D eigenvalue weighted by molar-refractivity contribution is 6.09. The van der Waals surface area contributed by atoms with Crippen LogP contribution >= 0.6 is 0 Å². The molecule has 1 aliphatic rings. The van der Waals surface area contributed by atoms with Gasteiger partial charge in [-0.15, -0.1) is 0 Å². The summed E-state index contributed by atoms with van der Waals surface area (Å²) in [6.07, 6.45) is 1.68. The highest BCUT2D eigenvalue weighted by Crippen LogP contribution is 2.38. The third kappa shape index (κ3) is 3.47. The minimum absolute atomic E-state index is 0.0943. The number of carbonyl (C=O) groups is 1. The second-order valence-corrected chi connectivity index (χ2v) is 6.73. The fourth-order valence-corrected chi connectivity index (χ4v) is 3.10. The number of carbonyl (C=O) groups excluding carboxylic acids is 1. The molecule has 28 heavy (non-hydrogen) atoms. The van der Waals surface area contributed by atoms with Gasteiger partial charge in [-0.3, -0.25) is 9.69 Å². The zero-order valence-electron chi connectivity index (χ0n) is 15.4. The van der Waals surface area contributed by atoms with Crippen molar-refractivity contribution in [3.63, 3.8) is 0 Å². The van der Waals surface area contributed by atoms with Crippen LogP contribution in [0, 0.1) is 12.7 Å². The van der Waals surface area contributed by atoms with E-state index in [0.29, 0.717) is 22.7 Å². The number of halogens is 1. The minimum Gasteiger partial charge on any atom is -0.449 e. The molecule has 0 saturated heterocycles. The Morgan fingerprint density at radius 3 is 2.57 bits per heavy atom. The topological polar surface area (TPSA) is 55.6 Å². The van der Waals surface area contributed by atoms with Crippen molar-refractivity contribution < 1.29 is 13.9 Å². The third-order valence-electron chi connectivity index (χ3n) is 4.61. The number of anilines is 2. The van der Waals surface area contributed by atoms with E-state index in [9.17, 15) is 9.18 Å². The fraction of sp³-hybridized carbons (Fsp3) is 0.0870. The normalized spacial score (nSPS) is 14.7. The Bertz CT molecular complexity index is 1070. The summed E-state index contributed by atoms with van der Waals surface area (Å²) in [5, 5.41) is 0. The second-order valence-electron chi connectivity index (χ2n) is 6.73. The van der Waals surface area contributed by atoms with E-state index >= 15 is 0 Å². The van der Waals surface area contributed by atoms with Crippen LogP contribution in [0.5, 0.6) is 5.75 Å². The summed E-state index contributed by atoms with van der Waals surface area (Å²) in [4.78, 5) is 14.6. The SMILES string of the molecule is Cc1ccc(/C=C2/Oc3cc(N)ccc3N(Cc3ccccc3F)C2=O)cc1.